The molecule has 0 saturated heterocycles. The highest BCUT2D eigenvalue weighted by molar-refractivity contribution is 6.32. The quantitative estimate of drug-likeness (QED) is 0.290. The lowest BCUT2D eigenvalue weighted by Crippen LogP contribution is -2.20. The maximum Gasteiger partial charge on any atom is 0.416 e. The minimum atomic E-state index is -4.38. The molecule has 0 radical (unpaired) electrons. The summed E-state index contributed by atoms with van der Waals surface area (Å²) in [7, 11) is 1.78. The van der Waals surface area contributed by atoms with Gasteiger partial charge >= 0.3 is 6.18 Å². The number of hydrogen-bond acceptors (Lipinski definition) is 4. The van der Waals surface area contributed by atoms with Crippen LogP contribution in [0.1, 0.15) is 23.2 Å². The summed E-state index contributed by atoms with van der Waals surface area (Å²) in [4.78, 5) is 4.46. The maximum absolute atomic E-state index is 12.7. The van der Waals surface area contributed by atoms with Gasteiger partial charge in [-0.1, -0.05) is 23.7 Å². The van der Waals surface area contributed by atoms with Gasteiger partial charge in [0.15, 0.2) is 0 Å². The van der Waals surface area contributed by atoms with Crippen molar-refractivity contribution in [1.82, 2.24) is 4.57 Å². The zero-order valence-electron chi connectivity index (χ0n) is 17.9. The second kappa shape index (κ2) is 10.6. The molecule has 0 spiro atoms. The largest absolute Gasteiger partial charge is 0.487 e. The molecule has 4 N–H and O–H groups in total. The van der Waals surface area contributed by atoms with Crippen molar-refractivity contribution in [1.29, 1.82) is 0 Å². The molecule has 1 aromatic heterocycles. The van der Waals surface area contributed by atoms with Gasteiger partial charge < -0.3 is 25.5 Å². The predicted molar refractivity (Wildman–Crippen MR) is 123 cm³/mol. The maximum atomic E-state index is 12.7. The molecule has 0 amide bonds. The van der Waals surface area contributed by atoms with Gasteiger partial charge in [0.25, 0.3) is 0 Å². The Morgan fingerprint density at radius 3 is 2.52 bits per heavy atom. The molecule has 6 nitrogen and oxygen atoms in total. The lowest BCUT2D eigenvalue weighted by atomic mass is 10.1. The van der Waals surface area contributed by atoms with Gasteiger partial charge in [-0.05, 0) is 48.4 Å². The van der Waals surface area contributed by atoms with Crippen molar-refractivity contribution in [3.63, 3.8) is 0 Å². The standard InChI is InChI=1S/C23H24ClF3N4O2/c1-29-19-9-11-31(10-2-12-32)21(19)22(28)30-17-7-8-20(18(24)13-17)33-14-15-3-5-16(6-4-15)23(25,26)27/h3-9,11,13,29,32H,2,10,12,14H2,1H3,(H2,28,30). The van der Waals surface area contributed by atoms with E-state index in [1.54, 1.807) is 25.2 Å². The lowest BCUT2D eigenvalue weighted by molar-refractivity contribution is -0.137. The molecule has 33 heavy (non-hydrogen) atoms. The second-order valence-electron chi connectivity index (χ2n) is 7.19. The van der Waals surface area contributed by atoms with E-state index in [1.807, 2.05) is 16.8 Å². The number of ether oxygens (including phenoxy) is 1. The SMILES string of the molecule is CNc1ccn(CCCO)c1C(N)=Nc1ccc(OCc2ccc(C(F)(F)F)cc2)c(Cl)c1. The van der Waals surface area contributed by atoms with Crippen LogP contribution < -0.4 is 15.8 Å². The average molecular weight is 481 g/mol. The van der Waals surface area contributed by atoms with Crippen molar-refractivity contribution in [2.75, 3.05) is 19.0 Å². The highest BCUT2D eigenvalue weighted by Crippen LogP contribution is 2.31. The van der Waals surface area contributed by atoms with E-state index in [0.29, 0.717) is 40.7 Å². The van der Waals surface area contributed by atoms with Gasteiger partial charge in [-0.15, -0.1) is 0 Å². The fourth-order valence-corrected chi connectivity index (χ4v) is 3.44. The van der Waals surface area contributed by atoms with E-state index in [2.05, 4.69) is 10.3 Å². The van der Waals surface area contributed by atoms with Gasteiger partial charge in [-0.3, -0.25) is 0 Å². The Balaban J connectivity index is 1.73. The molecule has 0 aliphatic rings. The second-order valence-corrected chi connectivity index (χ2v) is 7.60. The number of hydrogen-bond donors (Lipinski definition) is 3. The Labute approximate surface area is 194 Å². The van der Waals surface area contributed by atoms with E-state index in [0.717, 1.165) is 17.8 Å². The Bertz CT molecular complexity index is 1110. The molecule has 3 rings (SSSR count). The Hall–Kier alpha value is -3.17. The summed E-state index contributed by atoms with van der Waals surface area (Å²) in [6.45, 7) is 0.709. The number of aromatic nitrogens is 1. The zero-order chi connectivity index (χ0) is 24.0. The number of aliphatic hydroxyl groups excluding tert-OH is 1. The first-order valence-corrected chi connectivity index (χ1v) is 10.5. The Morgan fingerprint density at radius 2 is 1.91 bits per heavy atom. The van der Waals surface area contributed by atoms with Gasteiger partial charge in [0.1, 0.15) is 23.9 Å². The van der Waals surface area contributed by atoms with Crippen LogP contribution in [0.4, 0.5) is 24.5 Å². The van der Waals surface area contributed by atoms with Crippen LogP contribution in [-0.4, -0.2) is 29.2 Å². The Morgan fingerprint density at radius 1 is 1.18 bits per heavy atom. The predicted octanol–water partition coefficient (Wildman–Crippen LogP) is 5.20. The summed E-state index contributed by atoms with van der Waals surface area (Å²) < 4.78 is 45.6. The molecule has 2 aromatic carbocycles. The number of nitrogens with one attached hydrogen (secondary N) is 1. The first-order valence-electron chi connectivity index (χ1n) is 10.1. The monoisotopic (exact) mass is 480 g/mol. The number of nitrogens with zero attached hydrogens (tertiary/aromatic N) is 2. The molecule has 0 saturated carbocycles. The minimum Gasteiger partial charge on any atom is -0.487 e. The molecule has 0 aliphatic heterocycles. The molecule has 0 atom stereocenters. The fraction of sp³-hybridized carbons (Fsp3) is 0.261. The van der Waals surface area contributed by atoms with E-state index >= 15 is 0 Å². The first kappa shape index (κ1) is 24.5. The van der Waals surface area contributed by atoms with Gasteiger partial charge in [-0.25, -0.2) is 4.99 Å². The number of alkyl halides is 3. The third-order valence-corrected chi connectivity index (χ3v) is 5.17. The number of halogens is 4. The van der Waals surface area contributed by atoms with Gasteiger partial charge in [0, 0.05) is 26.4 Å². The van der Waals surface area contributed by atoms with Crippen LogP contribution in [0.15, 0.2) is 59.7 Å². The van der Waals surface area contributed by atoms with Crippen molar-refractivity contribution < 1.29 is 23.0 Å². The number of aliphatic hydroxyl groups is 1. The average Bonchev–Trinajstić information content (AvgIpc) is 3.20. The van der Waals surface area contributed by atoms with E-state index in [9.17, 15) is 13.2 Å². The summed E-state index contributed by atoms with van der Waals surface area (Å²) in [5.74, 6) is 0.646. The lowest BCUT2D eigenvalue weighted by Gasteiger charge is -2.12. The highest BCUT2D eigenvalue weighted by Gasteiger charge is 2.29. The number of benzene rings is 2. The highest BCUT2D eigenvalue weighted by atomic mass is 35.5. The number of nitrogens with two attached hydrogens (primary N) is 1. The van der Waals surface area contributed by atoms with Gasteiger partial charge in [0.2, 0.25) is 0 Å². The molecule has 0 unspecified atom stereocenters. The molecular formula is C23H24ClF3N4O2. The number of aryl methyl sites for hydroxylation is 1. The number of amidine groups is 1. The van der Waals surface area contributed by atoms with Gasteiger partial charge in [0.05, 0.1) is 22.0 Å². The van der Waals surface area contributed by atoms with Crippen LogP contribution in [0.3, 0.4) is 0 Å². The summed E-state index contributed by atoms with van der Waals surface area (Å²) in [5, 5.41) is 12.5. The van der Waals surface area contributed by atoms with Crippen molar-refractivity contribution in [3.05, 3.63) is 76.6 Å². The summed E-state index contributed by atoms with van der Waals surface area (Å²) in [6, 6.07) is 11.5. The third kappa shape index (κ3) is 6.21. The third-order valence-electron chi connectivity index (χ3n) is 4.87. The van der Waals surface area contributed by atoms with Crippen LogP contribution in [0.5, 0.6) is 5.75 Å². The molecule has 1 heterocycles. The fourth-order valence-electron chi connectivity index (χ4n) is 3.21. The van der Waals surface area contributed by atoms with Crippen LogP contribution in [0.25, 0.3) is 0 Å². The molecular weight excluding hydrogens is 457 g/mol. The van der Waals surface area contributed by atoms with Crippen LogP contribution >= 0.6 is 11.6 Å². The topological polar surface area (TPSA) is 84.8 Å². The molecule has 176 valence electrons. The van der Waals surface area contributed by atoms with Crippen LogP contribution in [0.2, 0.25) is 5.02 Å². The zero-order valence-corrected chi connectivity index (χ0v) is 18.6. The van der Waals surface area contributed by atoms with Crippen LogP contribution in [0, 0.1) is 0 Å². The molecule has 10 heteroatoms. The number of rotatable bonds is 9. The molecule has 3 aromatic rings. The number of anilines is 1. The smallest absolute Gasteiger partial charge is 0.416 e. The minimum absolute atomic E-state index is 0.0620. The normalized spacial score (nSPS) is 12.1. The number of aliphatic imine (C=N–C) groups is 1. The van der Waals surface area contributed by atoms with E-state index in [-0.39, 0.29) is 19.0 Å². The van der Waals surface area contributed by atoms with Crippen LogP contribution in [-0.2, 0) is 19.3 Å². The molecule has 0 bridgehead atoms. The van der Waals surface area contributed by atoms with E-state index in [1.165, 1.54) is 12.1 Å². The molecule has 0 aliphatic carbocycles. The van der Waals surface area contributed by atoms with Crippen molar-refractivity contribution in [3.8, 4) is 5.75 Å². The van der Waals surface area contributed by atoms with E-state index in [4.69, 9.17) is 27.2 Å². The van der Waals surface area contributed by atoms with Crippen molar-refractivity contribution in [2.24, 2.45) is 10.7 Å². The molecule has 0 fully saturated rings. The summed E-state index contributed by atoms with van der Waals surface area (Å²) >= 11 is 6.32. The van der Waals surface area contributed by atoms with E-state index < -0.39 is 11.7 Å². The Kier molecular flexibility index (Phi) is 7.88. The summed E-state index contributed by atoms with van der Waals surface area (Å²) in [5.41, 5.74) is 8.13. The van der Waals surface area contributed by atoms with Gasteiger partial charge in [-0.2, -0.15) is 13.2 Å². The van der Waals surface area contributed by atoms with Crippen molar-refractivity contribution in [2.45, 2.75) is 25.7 Å². The first-order chi connectivity index (χ1) is 15.7. The summed E-state index contributed by atoms with van der Waals surface area (Å²) in [6.07, 6.45) is -1.94. The van der Waals surface area contributed by atoms with Crippen molar-refractivity contribution >= 4 is 28.8 Å².